The molecule has 0 spiro atoms. The van der Waals surface area contributed by atoms with Gasteiger partial charge in [0.25, 0.3) is 5.91 Å². The number of rotatable bonds is 10. The minimum absolute atomic E-state index is 0.152. The molecule has 124 valence electrons. The maximum atomic E-state index is 11.7. The standard InChI is InChI=1S/C16H25ClN2O3/c1-3-5-8-18-10-13(20)11-22-15-7-6-12(9-14(15)17)16(21)19-4-2/h6-7,9,13,18,20H,3-5,8,10-11H2,1-2H3,(H,19,21)/t13-/m0/s1. The van der Waals surface area contributed by atoms with Crippen molar-refractivity contribution in [2.45, 2.75) is 32.8 Å². The van der Waals surface area contributed by atoms with Gasteiger partial charge < -0.3 is 20.5 Å². The summed E-state index contributed by atoms with van der Waals surface area (Å²) in [6.45, 7) is 6.05. The van der Waals surface area contributed by atoms with Crippen LogP contribution in [0.4, 0.5) is 0 Å². The van der Waals surface area contributed by atoms with Crippen molar-refractivity contribution in [3.63, 3.8) is 0 Å². The first-order chi connectivity index (χ1) is 10.6. The molecule has 22 heavy (non-hydrogen) atoms. The van der Waals surface area contributed by atoms with Gasteiger partial charge in [-0.1, -0.05) is 24.9 Å². The van der Waals surface area contributed by atoms with Crippen LogP contribution in [0.2, 0.25) is 5.02 Å². The predicted molar refractivity (Wildman–Crippen MR) is 88.7 cm³/mol. The Morgan fingerprint density at radius 3 is 2.82 bits per heavy atom. The van der Waals surface area contributed by atoms with E-state index in [-0.39, 0.29) is 12.5 Å². The van der Waals surface area contributed by atoms with Crippen molar-refractivity contribution >= 4 is 17.5 Å². The highest BCUT2D eigenvalue weighted by molar-refractivity contribution is 6.32. The van der Waals surface area contributed by atoms with Crippen LogP contribution in [0.3, 0.4) is 0 Å². The number of hydrogen-bond donors (Lipinski definition) is 3. The Hall–Kier alpha value is -1.30. The van der Waals surface area contributed by atoms with Crippen LogP contribution in [0.15, 0.2) is 18.2 Å². The van der Waals surface area contributed by atoms with Crippen LogP contribution in [0.5, 0.6) is 5.75 Å². The molecule has 3 N–H and O–H groups in total. The smallest absolute Gasteiger partial charge is 0.251 e. The van der Waals surface area contributed by atoms with Gasteiger partial charge in [0, 0.05) is 18.7 Å². The Balaban J connectivity index is 2.44. The fourth-order valence-electron chi connectivity index (χ4n) is 1.84. The fraction of sp³-hybridized carbons (Fsp3) is 0.562. The highest BCUT2D eigenvalue weighted by Crippen LogP contribution is 2.25. The van der Waals surface area contributed by atoms with E-state index >= 15 is 0 Å². The minimum Gasteiger partial charge on any atom is -0.489 e. The predicted octanol–water partition coefficient (Wildman–Crippen LogP) is 2.22. The van der Waals surface area contributed by atoms with Gasteiger partial charge in [-0.15, -0.1) is 0 Å². The van der Waals surface area contributed by atoms with E-state index in [0.717, 1.165) is 19.4 Å². The highest BCUT2D eigenvalue weighted by Gasteiger charge is 2.10. The number of hydrogen-bond acceptors (Lipinski definition) is 4. The minimum atomic E-state index is -0.601. The molecule has 0 aliphatic rings. The van der Waals surface area contributed by atoms with Crippen molar-refractivity contribution in [2.75, 3.05) is 26.2 Å². The van der Waals surface area contributed by atoms with Crippen LogP contribution in [0.25, 0.3) is 0 Å². The van der Waals surface area contributed by atoms with Gasteiger partial charge in [0.1, 0.15) is 18.5 Å². The molecule has 1 amide bonds. The zero-order valence-corrected chi connectivity index (χ0v) is 13.9. The molecule has 0 bridgehead atoms. The van der Waals surface area contributed by atoms with Crippen LogP contribution in [-0.2, 0) is 0 Å². The van der Waals surface area contributed by atoms with Crippen LogP contribution < -0.4 is 15.4 Å². The van der Waals surface area contributed by atoms with Crippen molar-refractivity contribution in [1.82, 2.24) is 10.6 Å². The van der Waals surface area contributed by atoms with E-state index in [1.165, 1.54) is 0 Å². The molecule has 1 atom stereocenters. The van der Waals surface area contributed by atoms with Gasteiger partial charge in [0.2, 0.25) is 0 Å². The van der Waals surface area contributed by atoms with Gasteiger partial charge >= 0.3 is 0 Å². The summed E-state index contributed by atoms with van der Waals surface area (Å²) in [7, 11) is 0. The number of aliphatic hydroxyl groups excluding tert-OH is 1. The molecule has 0 aromatic heterocycles. The normalized spacial score (nSPS) is 12.0. The summed E-state index contributed by atoms with van der Waals surface area (Å²) < 4.78 is 5.50. The van der Waals surface area contributed by atoms with Crippen molar-refractivity contribution in [3.8, 4) is 5.75 Å². The molecule has 1 rings (SSSR count). The molecule has 0 radical (unpaired) electrons. The van der Waals surface area contributed by atoms with E-state index in [4.69, 9.17) is 16.3 Å². The Bertz CT molecular complexity index is 469. The second kappa shape index (κ2) is 10.4. The Kier molecular flexibility index (Phi) is 8.89. The summed E-state index contributed by atoms with van der Waals surface area (Å²) >= 11 is 6.10. The quantitative estimate of drug-likeness (QED) is 0.576. The lowest BCUT2D eigenvalue weighted by molar-refractivity contribution is 0.0955. The molecule has 1 aromatic carbocycles. The topological polar surface area (TPSA) is 70.6 Å². The van der Waals surface area contributed by atoms with E-state index in [0.29, 0.717) is 29.4 Å². The lowest BCUT2D eigenvalue weighted by atomic mass is 10.2. The van der Waals surface area contributed by atoms with Crippen LogP contribution in [0, 0.1) is 0 Å². The SMILES string of the molecule is CCCCNC[C@H](O)COc1ccc(C(=O)NCC)cc1Cl. The number of unbranched alkanes of at least 4 members (excludes halogenated alkanes) is 1. The van der Waals surface area contributed by atoms with Gasteiger partial charge in [-0.2, -0.15) is 0 Å². The number of ether oxygens (including phenoxy) is 1. The van der Waals surface area contributed by atoms with Crippen LogP contribution in [0.1, 0.15) is 37.0 Å². The zero-order valence-electron chi connectivity index (χ0n) is 13.2. The molecule has 0 unspecified atom stereocenters. The van der Waals surface area contributed by atoms with Gasteiger partial charge in [-0.25, -0.2) is 0 Å². The summed E-state index contributed by atoms with van der Waals surface area (Å²) in [4.78, 5) is 11.7. The first-order valence-corrected chi connectivity index (χ1v) is 8.05. The molecule has 1 aromatic rings. The van der Waals surface area contributed by atoms with Gasteiger partial charge in [-0.05, 0) is 38.1 Å². The molecule has 0 saturated heterocycles. The third-order valence-electron chi connectivity index (χ3n) is 3.05. The molecular formula is C16H25ClN2O3. The summed E-state index contributed by atoms with van der Waals surface area (Å²) in [5.41, 5.74) is 0.487. The molecule has 0 fully saturated rings. The average Bonchev–Trinajstić information content (AvgIpc) is 2.50. The van der Waals surface area contributed by atoms with E-state index < -0.39 is 6.10 Å². The monoisotopic (exact) mass is 328 g/mol. The number of aliphatic hydroxyl groups is 1. The third-order valence-corrected chi connectivity index (χ3v) is 3.35. The van der Waals surface area contributed by atoms with Crippen LogP contribution in [-0.4, -0.2) is 43.4 Å². The largest absolute Gasteiger partial charge is 0.489 e. The first kappa shape index (κ1) is 18.7. The van der Waals surface area contributed by atoms with Crippen molar-refractivity contribution in [3.05, 3.63) is 28.8 Å². The number of carbonyl (C=O) groups is 1. The molecule has 0 aliphatic carbocycles. The average molecular weight is 329 g/mol. The van der Waals surface area contributed by atoms with Crippen LogP contribution >= 0.6 is 11.6 Å². The van der Waals surface area contributed by atoms with Gasteiger partial charge in [-0.3, -0.25) is 4.79 Å². The maximum Gasteiger partial charge on any atom is 0.251 e. The van der Waals surface area contributed by atoms with Gasteiger partial charge in [0.15, 0.2) is 0 Å². The molecule has 0 aliphatic heterocycles. The summed E-state index contributed by atoms with van der Waals surface area (Å²) in [5.74, 6) is 0.290. The first-order valence-electron chi connectivity index (χ1n) is 7.67. The Labute approximate surface area is 137 Å². The maximum absolute atomic E-state index is 11.7. The number of carbonyl (C=O) groups excluding carboxylic acids is 1. The van der Waals surface area contributed by atoms with Crippen molar-refractivity contribution < 1.29 is 14.6 Å². The van der Waals surface area contributed by atoms with Gasteiger partial charge in [0.05, 0.1) is 5.02 Å². The van der Waals surface area contributed by atoms with E-state index in [2.05, 4.69) is 17.6 Å². The zero-order chi connectivity index (χ0) is 16.4. The summed E-state index contributed by atoms with van der Waals surface area (Å²) in [6, 6.07) is 4.86. The number of halogens is 1. The van der Waals surface area contributed by atoms with Crippen molar-refractivity contribution in [2.24, 2.45) is 0 Å². The fourth-order valence-corrected chi connectivity index (χ4v) is 2.07. The number of benzene rings is 1. The number of nitrogens with one attached hydrogen (secondary N) is 2. The second-order valence-electron chi connectivity index (χ2n) is 5.03. The third kappa shape index (κ3) is 6.64. The lowest BCUT2D eigenvalue weighted by Crippen LogP contribution is -2.32. The second-order valence-corrected chi connectivity index (χ2v) is 5.43. The number of amides is 1. The van der Waals surface area contributed by atoms with E-state index in [1.807, 2.05) is 6.92 Å². The van der Waals surface area contributed by atoms with E-state index in [1.54, 1.807) is 18.2 Å². The molecule has 0 heterocycles. The lowest BCUT2D eigenvalue weighted by Gasteiger charge is -2.14. The van der Waals surface area contributed by atoms with Crippen molar-refractivity contribution in [1.29, 1.82) is 0 Å². The Morgan fingerprint density at radius 1 is 1.41 bits per heavy atom. The molecule has 0 saturated carbocycles. The highest BCUT2D eigenvalue weighted by atomic mass is 35.5. The summed E-state index contributed by atoms with van der Waals surface area (Å²) in [6.07, 6.45) is 1.60. The van der Waals surface area contributed by atoms with E-state index in [9.17, 15) is 9.90 Å². The Morgan fingerprint density at radius 2 is 2.18 bits per heavy atom. The molecule has 6 heteroatoms. The molecular weight excluding hydrogens is 304 g/mol. The molecule has 5 nitrogen and oxygen atoms in total. The summed E-state index contributed by atoms with van der Waals surface area (Å²) in [5, 5.41) is 16.0.